The Balaban J connectivity index is 1.89. The minimum absolute atomic E-state index is 0.563. The Kier molecular flexibility index (Phi) is 8.67. The summed E-state index contributed by atoms with van der Waals surface area (Å²) in [6.07, 6.45) is 7.70. The van der Waals surface area contributed by atoms with Crippen molar-refractivity contribution in [2.24, 2.45) is 5.16 Å². The average molecular weight is 377 g/mol. The molecule has 0 N–H and O–H groups in total. The predicted octanol–water partition coefficient (Wildman–Crippen LogP) is 6.18. The van der Waals surface area contributed by atoms with Crippen LogP contribution in [0.2, 0.25) is 5.02 Å². The van der Waals surface area contributed by atoms with Gasteiger partial charge >= 0.3 is 0 Å². The fourth-order valence-electron chi connectivity index (χ4n) is 3.48. The Labute approximate surface area is 164 Å². The fourth-order valence-corrected chi connectivity index (χ4v) is 3.61. The number of halogens is 1. The van der Waals surface area contributed by atoms with Gasteiger partial charge in [-0.1, -0.05) is 28.9 Å². The third kappa shape index (κ3) is 6.77. The molecule has 0 atom stereocenters. The zero-order valence-corrected chi connectivity index (χ0v) is 17.4. The predicted molar refractivity (Wildman–Crippen MR) is 113 cm³/mol. The molecule has 1 aromatic rings. The lowest BCUT2D eigenvalue weighted by Crippen LogP contribution is -2.38. The highest BCUT2D eigenvalue weighted by molar-refractivity contribution is 6.30. The number of nitrogens with zero attached hydrogens (tertiary/aromatic N) is 2. The summed E-state index contributed by atoms with van der Waals surface area (Å²) in [7, 11) is 0. The molecule has 1 aliphatic rings. The van der Waals surface area contributed by atoms with Gasteiger partial charge in [0.15, 0.2) is 0 Å². The number of rotatable bonds is 8. The average Bonchev–Trinajstić information content (AvgIpc) is 2.60. The number of hydrogen-bond donors (Lipinski definition) is 0. The molecular formula is C22H33ClN2O. The van der Waals surface area contributed by atoms with Gasteiger partial charge in [-0.25, -0.2) is 0 Å². The molecule has 4 heteroatoms. The normalized spacial score (nSPS) is 18.5. The third-order valence-corrected chi connectivity index (χ3v) is 5.10. The van der Waals surface area contributed by atoms with Gasteiger partial charge in [-0.05, 0) is 89.1 Å². The summed E-state index contributed by atoms with van der Waals surface area (Å²) in [5, 5.41) is 5.24. The Morgan fingerprint density at radius 2 is 1.73 bits per heavy atom. The lowest BCUT2D eigenvalue weighted by molar-refractivity contribution is 0.111. The molecule has 0 aliphatic heterocycles. The van der Waals surface area contributed by atoms with E-state index in [1.165, 1.54) is 24.0 Å². The van der Waals surface area contributed by atoms with Gasteiger partial charge in [-0.3, -0.25) is 4.90 Å². The molecule has 0 saturated heterocycles. The maximum atomic E-state index is 5.97. The van der Waals surface area contributed by atoms with Crippen molar-refractivity contribution in [3.63, 3.8) is 0 Å². The molecule has 1 saturated carbocycles. The number of allylic oxidation sites excluding steroid dienone is 1. The topological polar surface area (TPSA) is 24.8 Å². The van der Waals surface area contributed by atoms with Crippen LogP contribution in [0.15, 0.2) is 35.0 Å². The van der Waals surface area contributed by atoms with Crippen molar-refractivity contribution >= 4 is 23.4 Å². The van der Waals surface area contributed by atoms with Gasteiger partial charge in [0.05, 0.1) is 5.71 Å². The Hall–Kier alpha value is -1.32. The molecule has 1 aliphatic carbocycles. The van der Waals surface area contributed by atoms with Gasteiger partial charge < -0.3 is 4.84 Å². The van der Waals surface area contributed by atoms with Gasteiger partial charge in [0.1, 0.15) is 6.61 Å². The lowest BCUT2D eigenvalue weighted by atomic mass is 9.91. The van der Waals surface area contributed by atoms with E-state index in [1.54, 1.807) is 0 Å². The van der Waals surface area contributed by atoms with E-state index in [0.717, 1.165) is 36.5 Å². The van der Waals surface area contributed by atoms with E-state index < -0.39 is 0 Å². The summed E-state index contributed by atoms with van der Waals surface area (Å²) in [6.45, 7) is 10.7. The molecule has 3 nitrogen and oxygen atoms in total. The van der Waals surface area contributed by atoms with Gasteiger partial charge in [-0.2, -0.15) is 0 Å². The maximum Gasteiger partial charge on any atom is 0.118 e. The van der Waals surface area contributed by atoms with Crippen molar-refractivity contribution in [3.05, 3.63) is 40.4 Å². The summed E-state index contributed by atoms with van der Waals surface area (Å²) in [4.78, 5) is 8.16. The van der Waals surface area contributed by atoms with Crippen LogP contribution in [0, 0.1) is 0 Å². The van der Waals surface area contributed by atoms with Gasteiger partial charge in [0.2, 0.25) is 0 Å². The second-order valence-electron chi connectivity index (χ2n) is 7.58. The van der Waals surface area contributed by atoms with Crippen LogP contribution in [0.25, 0.3) is 6.08 Å². The quantitative estimate of drug-likeness (QED) is 0.399. The van der Waals surface area contributed by atoms with Crippen LogP contribution in [0.5, 0.6) is 0 Å². The molecule has 0 amide bonds. The lowest BCUT2D eigenvalue weighted by Gasteiger charge is -2.30. The van der Waals surface area contributed by atoms with E-state index in [4.69, 9.17) is 16.4 Å². The highest BCUT2D eigenvalue weighted by atomic mass is 35.5. The van der Waals surface area contributed by atoms with Crippen LogP contribution in [0.4, 0.5) is 0 Å². The summed E-state index contributed by atoms with van der Waals surface area (Å²) >= 11 is 5.97. The van der Waals surface area contributed by atoms with Gasteiger partial charge in [0.25, 0.3) is 0 Å². The standard InChI is InChI=1S/C22H33ClN2O/c1-17(2)25(18(3)4)14-7-15-26-24-22-9-6-5-8-20(22)16-19-10-12-21(23)13-11-19/h10-13,16-18H,5-9,14-15H2,1-4H3/b20-16-,24-22-. The summed E-state index contributed by atoms with van der Waals surface area (Å²) in [5.41, 5.74) is 3.57. The first-order valence-corrected chi connectivity index (χ1v) is 10.3. The molecule has 0 heterocycles. The molecule has 0 spiro atoms. The SMILES string of the molecule is CC(C)N(CCCO/N=C1/CCCC/C1=C/c1ccc(Cl)cc1)C(C)C. The minimum Gasteiger partial charge on any atom is -0.396 e. The molecule has 1 aromatic carbocycles. The molecule has 144 valence electrons. The second kappa shape index (κ2) is 10.7. The minimum atomic E-state index is 0.563. The highest BCUT2D eigenvalue weighted by Gasteiger charge is 2.15. The molecular weight excluding hydrogens is 344 g/mol. The third-order valence-electron chi connectivity index (χ3n) is 4.84. The zero-order valence-electron chi connectivity index (χ0n) is 16.7. The summed E-state index contributed by atoms with van der Waals surface area (Å²) in [5.74, 6) is 0. The summed E-state index contributed by atoms with van der Waals surface area (Å²) in [6, 6.07) is 9.09. The molecule has 26 heavy (non-hydrogen) atoms. The maximum absolute atomic E-state index is 5.97. The number of benzene rings is 1. The number of oxime groups is 1. The van der Waals surface area contributed by atoms with Crippen molar-refractivity contribution < 1.29 is 4.84 Å². The van der Waals surface area contributed by atoms with Crippen molar-refractivity contribution in [1.82, 2.24) is 4.90 Å². The van der Waals surface area contributed by atoms with Crippen molar-refractivity contribution in [3.8, 4) is 0 Å². The van der Waals surface area contributed by atoms with E-state index in [-0.39, 0.29) is 0 Å². The van der Waals surface area contributed by atoms with Crippen molar-refractivity contribution in [1.29, 1.82) is 0 Å². The largest absolute Gasteiger partial charge is 0.396 e. The molecule has 2 rings (SSSR count). The molecule has 0 bridgehead atoms. The van der Waals surface area contributed by atoms with Crippen LogP contribution in [0.3, 0.4) is 0 Å². The van der Waals surface area contributed by atoms with Gasteiger partial charge in [-0.15, -0.1) is 0 Å². The summed E-state index contributed by atoms with van der Waals surface area (Å²) < 4.78 is 0. The van der Waals surface area contributed by atoms with Crippen molar-refractivity contribution in [2.45, 2.75) is 71.9 Å². The Morgan fingerprint density at radius 3 is 2.38 bits per heavy atom. The smallest absolute Gasteiger partial charge is 0.118 e. The molecule has 0 radical (unpaired) electrons. The van der Waals surface area contributed by atoms with E-state index in [1.807, 2.05) is 12.1 Å². The molecule has 0 aromatic heterocycles. The Morgan fingerprint density at radius 1 is 1.08 bits per heavy atom. The fraction of sp³-hybridized carbons (Fsp3) is 0.591. The van der Waals surface area contributed by atoms with E-state index >= 15 is 0 Å². The monoisotopic (exact) mass is 376 g/mol. The van der Waals surface area contributed by atoms with Gasteiger partial charge in [0, 0.05) is 23.7 Å². The first-order valence-electron chi connectivity index (χ1n) is 9.88. The molecule has 0 unspecified atom stereocenters. The van der Waals surface area contributed by atoms with E-state index in [0.29, 0.717) is 18.7 Å². The Bertz CT molecular complexity index is 597. The van der Waals surface area contributed by atoms with Crippen molar-refractivity contribution in [2.75, 3.05) is 13.2 Å². The second-order valence-corrected chi connectivity index (χ2v) is 8.01. The number of hydrogen-bond acceptors (Lipinski definition) is 3. The van der Waals surface area contributed by atoms with E-state index in [2.05, 4.69) is 56.0 Å². The van der Waals surface area contributed by atoms with Crippen LogP contribution in [-0.4, -0.2) is 35.8 Å². The van der Waals surface area contributed by atoms with Crippen LogP contribution in [0.1, 0.15) is 65.4 Å². The van der Waals surface area contributed by atoms with Crippen LogP contribution < -0.4 is 0 Å². The first kappa shape index (κ1) is 21.0. The molecule has 1 fully saturated rings. The van der Waals surface area contributed by atoms with Crippen LogP contribution >= 0.6 is 11.6 Å². The first-order chi connectivity index (χ1) is 12.5. The zero-order chi connectivity index (χ0) is 18.9. The highest BCUT2D eigenvalue weighted by Crippen LogP contribution is 2.24. The van der Waals surface area contributed by atoms with E-state index in [9.17, 15) is 0 Å². The van der Waals surface area contributed by atoms with Crippen LogP contribution in [-0.2, 0) is 4.84 Å².